The lowest BCUT2D eigenvalue weighted by atomic mass is 9.99. The second-order valence-corrected chi connectivity index (χ2v) is 7.32. The molecule has 0 saturated carbocycles. The van der Waals surface area contributed by atoms with Crippen molar-refractivity contribution in [1.29, 1.82) is 0 Å². The van der Waals surface area contributed by atoms with Crippen LogP contribution in [0.5, 0.6) is 5.75 Å². The number of likely N-dealkylation sites (N-methyl/N-ethyl adjacent to an activating group) is 1. The van der Waals surface area contributed by atoms with Gasteiger partial charge in [0, 0.05) is 45.2 Å². The largest absolute Gasteiger partial charge is 0.493 e. The molecule has 1 atom stereocenters. The average Bonchev–Trinajstić information content (AvgIpc) is 2.68. The Morgan fingerprint density at radius 1 is 1.12 bits per heavy atom. The number of nitrogens with zero attached hydrogens (tertiary/aromatic N) is 3. The molecule has 2 aliphatic heterocycles. The van der Waals surface area contributed by atoms with Gasteiger partial charge in [-0.15, -0.1) is 0 Å². The van der Waals surface area contributed by atoms with Gasteiger partial charge >= 0.3 is 0 Å². The van der Waals surface area contributed by atoms with E-state index in [0.29, 0.717) is 24.8 Å². The van der Waals surface area contributed by atoms with Gasteiger partial charge < -0.3 is 14.5 Å². The molecule has 1 aromatic rings. The van der Waals surface area contributed by atoms with Crippen LogP contribution in [0, 0.1) is 11.7 Å². The zero-order valence-corrected chi connectivity index (χ0v) is 15.7. The summed E-state index contributed by atoms with van der Waals surface area (Å²) in [5.41, 5.74) is 0. The predicted octanol–water partition coefficient (Wildman–Crippen LogP) is 2.08. The number of piperidine rings is 1. The first-order chi connectivity index (χ1) is 12.6. The molecule has 2 saturated heterocycles. The number of halogens is 1. The molecule has 0 spiro atoms. The smallest absolute Gasteiger partial charge is 0.236 e. The lowest BCUT2D eigenvalue weighted by molar-refractivity contribution is -0.134. The highest BCUT2D eigenvalue weighted by Crippen LogP contribution is 2.19. The van der Waals surface area contributed by atoms with Crippen molar-refractivity contribution in [2.75, 3.05) is 59.0 Å². The molecule has 2 fully saturated rings. The molecule has 3 rings (SSSR count). The number of carbonyl (C=O) groups is 1. The van der Waals surface area contributed by atoms with Crippen LogP contribution in [0.1, 0.15) is 19.8 Å². The molecule has 5 nitrogen and oxygen atoms in total. The summed E-state index contributed by atoms with van der Waals surface area (Å²) in [5, 5.41) is 0. The van der Waals surface area contributed by atoms with Crippen LogP contribution in [0.3, 0.4) is 0 Å². The zero-order valence-electron chi connectivity index (χ0n) is 15.7. The standard InChI is InChI=1S/C20H30FN3O2/c1-2-22-10-12-23(13-11-22)15-20(25)24-9-3-4-17(14-24)16-26-19-7-5-18(21)6-8-19/h5-8,17H,2-4,9-16H2,1H3/t17-/m1/s1. The van der Waals surface area contributed by atoms with Gasteiger partial charge in [0.05, 0.1) is 13.2 Å². The molecular formula is C20H30FN3O2. The maximum atomic E-state index is 12.9. The van der Waals surface area contributed by atoms with Crippen LogP contribution in [-0.2, 0) is 4.79 Å². The van der Waals surface area contributed by atoms with E-state index < -0.39 is 0 Å². The SMILES string of the molecule is CCN1CCN(CC(=O)N2CCC[C@@H](COc3ccc(F)cc3)C2)CC1. The maximum Gasteiger partial charge on any atom is 0.236 e. The molecule has 2 aliphatic rings. The van der Waals surface area contributed by atoms with Crippen LogP contribution in [0.25, 0.3) is 0 Å². The first-order valence-corrected chi connectivity index (χ1v) is 9.75. The number of hydrogen-bond donors (Lipinski definition) is 0. The van der Waals surface area contributed by atoms with E-state index in [1.165, 1.54) is 12.1 Å². The van der Waals surface area contributed by atoms with Gasteiger partial charge in [-0.2, -0.15) is 0 Å². The van der Waals surface area contributed by atoms with Crippen molar-refractivity contribution in [3.63, 3.8) is 0 Å². The molecule has 0 N–H and O–H groups in total. The van der Waals surface area contributed by atoms with Gasteiger partial charge in [-0.1, -0.05) is 6.92 Å². The van der Waals surface area contributed by atoms with E-state index >= 15 is 0 Å². The van der Waals surface area contributed by atoms with Crippen LogP contribution in [0.15, 0.2) is 24.3 Å². The minimum Gasteiger partial charge on any atom is -0.493 e. The Balaban J connectivity index is 1.42. The highest BCUT2D eigenvalue weighted by atomic mass is 19.1. The third-order valence-corrected chi connectivity index (χ3v) is 5.44. The Kier molecular flexibility index (Phi) is 6.86. The van der Waals surface area contributed by atoms with Gasteiger partial charge in [0.1, 0.15) is 11.6 Å². The maximum absolute atomic E-state index is 12.9. The summed E-state index contributed by atoms with van der Waals surface area (Å²) in [4.78, 5) is 19.3. The summed E-state index contributed by atoms with van der Waals surface area (Å²) >= 11 is 0. The van der Waals surface area contributed by atoms with Crippen LogP contribution < -0.4 is 4.74 Å². The van der Waals surface area contributed by atoms with Crippen molar-refractivity contribution in [2.24, 2.45) is 5.92 Å². The first-order valence-electron chi connectivity index (χ1n) is 9.75. The summed E-state index contributed by atoms with van der Waals surface area (Å²) in [6, 6.07) is 6.11. The molecule has 0 radical (unpaired) electrons. The number of amides is 1. The second kappa shape index (κ2) is 9.33. The number of piperazine rings is 1. The Hall–Kier alpha value is -1.66. The normalized spacial score (nSPS) is 22.4. The summed E-state index contributed by atoms with van der Waals surface area (Å²) in [5.74, 6) is 1.01. The fourth-order valence-corrected chi connectivity index (χ4v) is 3.73. The fourth-order valence-electron chi connectivity index (χ4n) is 3.73. The van der Waals surface area contributed by atoms with E-state index in [9.17, 15) is 9.18 Å². The van der Waals surface area contributed by atoms with Gasteiger partial charge in [0.15, 0.2) is 0 Å². The first kappa shape index (κ1) is 19.1. The molecule has 1 amide bonds. The van der Waals surface area contributed by atoms with Crippen molar-refractivity contribution in [2.45, 2.75) is 19.8 Å². The minimum absolute atomic E-state index is 0.237. The lowest BCUT2D eigenvalue weighted by Crippen LogP contribution is -2.51. The molecule has 6 heteroatoms. The van der Waals surface area contributed by atoms with E-state index in [1.54, 1.807) is 12.1 Å². The monoisotopic (exact) mass is 363 g/mol. The number of benzene rings is 1. The Morgan fingerprint density at radius 2 is 1.81 bits per heavy atom. The zero-order chi connectivity index (χ0) is 18.4. The molecule has 0 aliphatic carbocycles. The molecule has 0 bridgehead atoms. The Morgan fingerprint density at radius 3 is 2.50 bits per heavy atom. The van der Waals surface area contributed by atoms with E-state index in [1.807, 2.05) is 4.90 Å². The Labute approximate surface area is 155 Å². The molecule has 0 aromatic heterocycles. The molecular weight excluding hydrogens is 333 g/mol. The van der Waals surface area contributed by atoms with E-state index in [4.69, 9.17) is 4.74 Å². The molecule has 0 unspecified atom stereocenters. The average molecular weight is 363 g/mol. The van der Waals surface area contributed by atoms with E-state index in [0.717, 1.165) is 58.7 Å². The molecule has 26 heavy (non-hydrogen) atoms. The summed E-state index contributed by atoms with van der Waals surface area (Å²) < 4.78 is 18.7. The number of carbonyl (C=O) groups excluding carboxylic acids is 1. The van der Waals surface area contributed by atoms with E-state index in [-0.39, 0.29) is 11.7 Å². The van der Waals surface area contributed by atoms with Gasteiger partial charge in [0.25, 0.3) is 0 Å². The quantitative estimate of drug-likeness (QED) is 0.775. The second-order valence-electron chi connectivity index (χ2n) is 7.32. The van der Waals surface area contributed by atoms with Crippen molar-refractivity contribution in [3.8, 4) is 5.75 Å². The molecule has 1 aromatic carbocycles. The van der Waals surface area contributed by atoms with Crippen molar-refractivity contribution >= 4 is 5.91 Å². The van der Waals surface area contributed by atoms with Crippen molar-refractivity contribution in [1.82, 2.24) is 14.7 Å². The molecule has 2 heterocycles. The Bertz CT molecular complexity index is 573. The van der Waals surface area contributed by atoms with Gasteiger partial charge in [0.2, 0.25) is 5.91 Å². The number of rotatable bonds is 6. The number of likely N-dealkylation sites (tertiary alicyclic amines) is 1. The van der Waals surface area contributed by atoms with Crippen LogP contribution >= 0.6 is 0 Å². The highest BCUT2D eigenvalue weighted by molar-refractivity contribution is 5.78. The minimum atomic E-state index is -0.258. The lowest BCUT2D eigenvalue weighted by Gasteiger charge is -2.37. The summed E-state index contributed by atoms with van der Waals surface area (Å²) in [7, 11) is 0. The van der Waals surface area contributed by atoms with Gasteiger partial charge in [-0.05, 0) is 43.7 Å². The molecule has 144 valence electrons. The third kappa shape index (κ3) is 5.42. The predicted molar refractivity (Wildman–Crippen MR) is 99.8 cm³/mol. The van der Waals surface area contributed by atoms with E-state index in [2.05, 4.69) is 16.7 Å². The van der Waals surface area contributed by atoms with Crippen molar-refractivity contribution in [3.05, 3.63) is 30.1 Å². The summed E-state index contributed by atoms with van der Waals surface area (Å²) in [6.07, 6.45) is 2.09. The summed E-state index contributed by atoms with van der Waals surface area (Å²) in [6.45, 7) is 10.0. The van der Waals surface area contributed by atoms with Crippen LogP contribution in [-0.4, -0.2) is 79.6 Å². The van der Waals surface area contributed by atoms with Crippen molar-refractivity contribution < 1.29 is 13.9 Å². The van der Waals surface area contributed by atoms with Gasteiger partial charge in [-0.3, -0.25) is 9.69 Å². The van der Waals surface area contributed by atoms with Crippen LogP contribution in [0.4, 0.5) is 4.39 Å². The van der Waals surface area contributed by atoms with Crippen LogP contribution in [0.2, 0.25) is 0 Å². The number of hydrogen-bond acceptors (Lipinski definition) is 4. The third-order valence-electron chi connectivity index (χ3n) is 5.44. The van der Waals surface area contributed by atoms with Gasteiger partial charge in [-0.25, -0.2) is 4.39 Å². The number of ether oxygens (including phenoxy) is 1. The topological polar surface area (TPSA) is 36.0 Å². The highest BCUT2D eigenvalue weighted by Gasteiger charge is 2.26. The fraction of sp³-hybridized carbons (Fsp3) is 0.650.